The lowest BCUT2D eigenvalue weighted by Gasteiger charge is -2.23. The molecule has 204 valence electrons. The van der Waals surface area contributed by atoms with E-state index < -0.39 is 17.7 Å². The van der Waals surface area contributed by atoms with Crippen molar-refractivity contribution in [1.82, 2.24) is 4.98 Å². The molecule has 0 radical (unpaired) electrons. The Kier molecular flexibility index (Phi) is 6.95. The van der Waals surface area contributed by atoms with Gasteiger partial charge in [0.05, 0.1) is 21.8 Å². The van der Waals surface area contributed by atoms with E-state index in [1.807, 2.05) is 37.3 Å². The number of aromatic nitrogens is 1. The van der Waals surface area contributed by atoms with Crippen molar-refractivity contribution in [3.05, 3.63) is 124 Å². The van der Waals surface area contributed by atoms with E-state index in [1.54, 1.807) is 48.5 Å². The number of carbonyl (C=O) groups excluding carboxylic acids is 2. The van der Waals surface area contributed by atoms with E-state index >= 15 is 0 Å². The third kappa shape index (κ3) is 5.03. The highest BCUT2D eigenvalue weighted by molar-refractivity contribution is 7.22. The maximum absolute atomic E-state index is 13.5. The average molecular weight is 583 g/mol. The van der Waals surface area contributed by atoms with Gasteiger partial charge >= 0.3 is 5.91 Å². The van der Waals surface area contributed by atoms with Crippen molar-refractivity contribution in [3.8, 4) is 11.5 Å². The minimum atomic E-state index is -0.971. The van der Waals surface area contributed by atoms with Crippen molar-refractivity contribution in [3.63, 3.8) is 0 Å². The number of aliphatic hydroxyl groups excluding tert-OH is 1. The molecular formula is C32H23ClN2O5S. The zero-order chi connectivity index (χ0) is 28.7. The smallest absolute Gasteiger partial charge is 0.301 e. The summed E-state index contributed by atoms with van der Waals surface area (Å²) in [7, 11) is 0. The Morgan fingerprint density at radius 1 is 1.00 bits per heavy atom. The summed E-state index contributed by atoms with van der Waals surface area (Å²) in [6.07, 6.45) is 0. The van der Waals surface area contributed by atoms with Crippen LogP contribution >= 0.6 is 22.9 Å². The van der Waals surface area contributed by atoms with Gasteiger partial charge in [-0.2, -0.15) is 0 Å². The lowest BCUT2D eigenvalue weighted by atomic mass is 9.95. The lowest BCUT2D eigenvalue weighted by Crippen LogP contribution is -2.29. The van der Waals surface area contributed by atoms with Gasteiger partial charge in [0, 0.05) is 10.6 Å². The summed E-state index contributed by atoms with van der Waals surface area (Å²) in [6.45, 7) is 2.23. The van der Waals surface area contributed by atoms with Crippen molar-refractivity contribution < 1.29 is 24.5 Å². The Morgan fingerprint density at radius 2 is 1.76 bits per heavy atom. The number of hydrogen-bond donors (Lipinski definition) is 2. The predicted octanol–water partition coefficient (Wildman–Crippen LogP) is 7.17. The molecule has 0 spiro atoms. The molecule has 2 heterocycles. The van der Waals surface area contributed by atoms with Gasteiger partial charge in [0.25, 0.3) is 5.78 Å². The van der Waals surface area contributed by atoms with Crippen LogP contribution in [0.25, 0.3) is 16.0 Å². The van der Waals surface area contributed by atoms with Crippen LogP contribution in [0.5, 0.6) is 11.5 Å². The number of halogens is 1. The van der Waals surface area contributed by atoms with Crippen molar-refractivity contribution in [2.24, 2.45) is 0 Å². The number of aliphatic hydroxyl groups is 1. The number of thiazole rings is 1. The van der Waals surface area contributed by atoms with E-state index in [4.69, 9.17) is 16.3 Å². The Bertz CT molecular complexity index is 1830. The van der Waals surface area contributed by atoms with E-state index in [-0.39, 0.29) is 17.1 Å². The van der Waals surface area contributed by atoms with Gasteiger partial charge in [-0.15, -0.1) is 0 Å². The molecule has 4 aromatic carbocycles. The van der Waals surface area contributed by atoms with E-state index in [1.165, 1.54) is 28.4 Å². The number of hydrogen-bond acceptors (Lipinski definition) is 7. The Hall–Kier alpha value is -4.66. The summed E-state index contributed by atoms with van der Waals surface area (Å²) in [4.78, 5) is 32.9. The molecule has 1 saturated heterocycles. The molecule has 1 fully saturated rings. The molecule has 1 aliphatic heterocycles. The van der Waals surface area contributed by atoms with Gasteiger partial charge < -0.3 is 14.9 Å². The van der Waals surface area contributed by atoms with Crippen molar-refractivity contribution in [2.75, 3.05) is 4.90 Å². The van der Waals surface area contributed by atoms with Crippen molar-refractivity contribution in [2.45, 2.75) is 19.6 Å². The highest BCUT2D eigenvalue weighted by Crippen LogP contribution is 2.45. The molecule has 0 bridgehead atoms. The molecular weight excluding hydrogens is 560 g/mol. The number of fused-ring (bicyclic) bond motifs is 1. The van der Waals surface area contributed by atoms with E-state index in [9.17, 15) is 19.8 Å². The summed E-state index contributed by atoms with van der Waals surface area (Å²) in [6, 6.07) is 25.3. The quantitative estimate of drug-likeness (QED) is 0.125. The molecule has 1 unspecified atom stereocenters. The normalized spacial score (nSPS) is 16.4. The summed E-state index contributed by atoms with van der Waals surface area (Å²) in [5.74, 6) is -1.30. The second-order valence-electron chi connectivity index (χ2n) is 9.62. The summed E-state index contributed by atoms with van der Waals surface area (Å²) < 4.78 is 6.72. The van der Waals surface area contributed by atoms with Crippen LogP contribution in [0, 0.1) is 6.92 Å². The molecule has 0 aliphatic carbocycles. The minimum Gasteiger partial charge on any atom is -0.508 e. The van der Waals surface area contributed by atoms with Crippen LogP contribution in [0.3, 0.4) is 0 Å². The minimum absolute atomic E-state index is 0.0297. The molecule has 6 rings (SSSR count). The number of nitrogens with zero attached hydrogens (tertiary/aromatic N) is 2. The fourth-order valence-electron chi connectivity index (χ4n) is 4.84. The van der Waals surface area contributed by atoms with Crippen LogP contribution in [-0.4, -0.2) is 26.9 Å². The number of ketones is 1. The van der Waals surface area contributed by atoms with Crippen LogP contribution in [0.4, 0.5) is 5.13 Å². The first kappa shape index (κ1) is 26.6. The number of anilines is 1. The second kappa shape index (κ2) is 10.7. The largest absolute Gasteiger partial charge is 0.508 e. The fourth-order valence-corrected chi connectivity index (χ4v) is 6.11. The molecule has 1 aromatic heterocycles. The van der Waals surface area contributed by atoms with Crippen LogP contribution in [-0.2, 0) is 16.2 Å². The number of aryl methyl sites for hydroxylation is 1. The highest BCUT2D eigenvalue weighted by Gasteiger charge is 2.48. The third-order valence-corrected chi connectivity index (χ3v) is 8.14. The zero-order valence-electron chi connectivity index (χ0n) is 21.7. The zero-order valence-corrected chi connectivity index (χ0v) is 23.3. The first-order valence-electron chi connectivity index (χ1n) is 12.7. The second-order valence-corrected chi connectivity index (χ2v) is 11.1. The number of carbonyl (C=O) groups is 2. The van der Waals surface area contributed by atoms with Gasteiger partial charge in [0.15, 0.2) is 5.13 Å². The van der Waals surface area contributed by atoms with Crippen LogP contribution < -0.4 is 9.64 Å². The highest BCUT2D eigenvalue weighted by atomic mass is 35.5. The topological polar surface area (TPSA) is 100.0 Å². The average Bonchev–Trinajstić information content (AvgIpc) is 3.50. The Morgan fingerprint density at radius 3 is 2.49 bits per heavy atom. The number of phenolic OH excluding ortho intramolecular Hbond substituents is 1. The molecule has 9 heteroatoms. The number of amides is 1. The van der Waals surface area contributed by atoms with Gasteiger partial charge in [0.1, 0.15) is 23.9 Å². The standard InChI is InChI=1S/C32H23ClN2O5S/c1-18-15-21(9-14-25(18)40-17-19-5-3-2-4-6-19)29(37)27-28(20-7-11-23(36)12-8-20)35(31(39)30(27)38)32-34-24-13-10-22(33)16-26(24)41-32/h2-16,28,36-37H,17H2,1H3/b29-27+. The Balaban J connectivity index is 1.42. The molecule has 1 atom stereocenters. The van der Waals surface area contributed by atoms with Gasteiger partial charge in [-0.3, -0.25) is 14.5 Å². The molecule has 41 heavy (non-hydrogen) atoms. The number of Topliss-reactive ketones (excluding diaryl/α,β-unsaturated/α-hetero) is 1. The summed E-state index contributed by atoms with van der Waals surface area (Å²) in [5, 5.41) is 22.2. The molecule has 0 saturated carbocycles. The van der Waals surface area contributed by atoms with Crippen molar-refractivity contribution in [1.29, 1.82) is 0 Å². The van der Waals surface area contributed by atoms with Crippen LogP contribution in [0.2, 0.25) is 5.02 Å². The molecule has 5 aromatic rings. The van der Waals surface area contributed by atoms with E-state index in [0.717, 1.165) is 15.8 Å². The van der Waals surface area contributed by atoms with E-state index in [0.29, 0.717) is 39.2 Å². The molecule has 7 nitrogen and oxygen atoms in total. The lowest BCUT2D eigenvalue weighted by molar-refractivity contribution is -0.132. The molecule has 2 N–H and O–H groups in total. The monoisotopic (exact) mass is 582 g/mol. The van der Waals surface area contributed by atoms with Gasteiger partial charge in [-0.05, 0) is 72.1 Å². The summed E-state index contributed by atoms with van der Waals surface area (Å²) in [5.41, 5.74) is 3.22. The summed E-state index contributed by atoms with van der Waals surface area (Å²) >= 11 is 7.38. The maximum atomic E-state index is 13.5. The Labute approximate surface area is 244 Å². The van der Waals surface area contributed by atoms with Crippen LogP contribution in [0.1, 0.15) is 28.3 Å². The number of aromatic hydroxyl groups is 1. The van der Waals surface area contributed by atoms with Crippen molar-refractivity contribution >= 4 is 55.7 Å². The number of ether oxygens (including phenoxy) is 1. The van der Waals surface area contributed by atoms with Gasteiger partial charge in [-0.25, -0.2) is 4.98 Å². The van der Waals surface area contributed by atoms with Crippen LogP contribution in [0.15, 0.2) is 96.6 Å². The predicted molar refractivity (Wildman–Crippen MR) is 159 cm³/mol. The third-order valence-electron chi connectivity index (χ3n) is 6.88. The number of benzene rings is 4. The first-order chi connectivity index (χ1) is 19.8. The maximum Gasteiger partial charge on any atom is 0.301 e. The van der Waals surface area contributed by atoms with Gasteiger partial charge in [-0.1, -0.05) is 65.4 Å². The fraction of sp³-hybridized carbons (Fsp3) is 0.0938. The van der Waals surface area contributed by atoms with Gasteiger partial charge in [0.2, 0.25) is 0 Å². The number of rotatable bonds is 6. The molecule has 1 aliphatic rings. The number of phenols is 1. The SMILES string of the molecule is Cc1cc(/C(O)=C2\C(=O)C(=O)N(c3nc4ccc(Cl)cc4s3)C2c2ccc(O)cc2)ccc1OCc1ccccc1. The van der Waals surface area contributed by atoms with E-state index in [2.05, 4.69) is 4.98 Å². The first-order valence-corrected chi connectivity index (χ1v) is 13.9. The molecule has 1 amide bonds.